The molecular formula is C17H16ClN3O. The summed E-state index contributed by atoms with van der Waals surface area (Å²) < 4.78 is 0. The molecule has 1 aromatic heterocycles. The number of halogens is 1. The van der Waals surface area contributed by atoms with Crippen molar-refractivity contribution in [3.63, 3.8) is 0 Å². The van der Waals surface area contributed by atoms with Gasteiger partial charge in [-0.05, 0) is 48.9 Å². The SMILES string of the molecule is O=C1CCCc2nc(N[C@H]3CCc4ccc(Cl)cc43)ncc21. The second-order valence-corrected chi connectivity index (χ2v) is 6.35. The number of carbonyl (C=O) groups is 1. The Balaban J connectivity index is 1.61. The summed E-state index contributed by atoms with van der Waals surface area (Å²) in [5.41, 5.74) is 4.12. The summed E-state index contributed by atoms with van der Waals surface area (Å²) in [5, 5.41) is 4.15. The maximum Gasteiger partial charge on any atom is 0.223 e. The van der Waals surface area contributed by atoms with Crippen LogP contribution in [0.5, 0.6) is 0 Å². The number of carbonyl (C=O) groups excluding carboxylic acids is 1. The van der Waals surface area contributed by atoms with Crippen molar-refractivity contribution in [1.29, 1.82) is 0 Å². The molecule has 0 amide bonds. The summed E-state index contributed by atoms with van der Waals surface area (Å²) >= 11 is 6.11. The fourth-order valence-electron chi connectivity index (χ4n) is 3.34. The summed E-state index contributed by atoms with van der Waals surface area (Å²) in [5.74, 6) is 0.761. The summed E-state index contributed by atoms with van der Waals surface area (Å²) in [6, 6.07) is 6.23. The van der Waals surface area contributed by atoms with E-state index in [1.807, 2.05) is 12.1 Å². The fourth-order valence-corrected chi connectivity index (χ4v) is 3.52. The van der Waals surface area contributed by atoms with Gasteiger partial charge in [0.15, 0.2) is 5.78 Å². The monoisotopic (exact) mass is 313 g/mol. The van der Waals surface area contributed by atoms with Crippen molar-refractivity contribution in [2.24, 2.45) is 0 Å². The number of nitrogens with one attached hydrogen (secondary N) is 1. The summed E-state index contributed by atoms with van der Waals surface area (Å²) in [6.07, 6.45) is 6.05. The molecule has 1 aromatic carbocycles. The van der Waals surface area contributed by atoms with Gasteiger partial charge in [-0.3, -0.25) is 4.79 Å². The molecule has 1 atom stereocenters. The van der Waals surface area contributed by atoms with Gasteiger partial charge in [0.25, 0.3) is 0 Å². The fraction of sp³-hybridized carbons (Fsp3) is 0.353. The molecule has 1 heterocycles. The van der Waals surface area contributed by atoms with Crippen molar-refractivity contribution < 1.29 is 4.79 Å². The third kappa shape index (κ3) is 2.37. The minimum Gasteiger partial charge on any atom is -0.347 e. The van der Waals surface area contributed by atoms with Gasteiger partial charge in [-0.2, -0.15) is 0 Å². The van der Waals surface area contributed by atoms with Crippen molar-refractivity contribution in [3.8, 4) is 0 Å². The van der Waals surface area contributed by atoms with Crippen LogP contribution < -0.4 is 5.32 Å². The normalized spacial score (nSPS) is 19.7. The minimum absolute atomic E-state index is 0.158. The number of fused-ring (bicyclic) bond motifs is 2. The Hall–Kier alpha value is -1.94. The van der Waals surface area contributed by atoms with Gasteiger partial charge in [0.2, 0.25) is 5.95 Å². The summed E-state index contributed by atoms with van der Waals surface area (Å²) in [4.78, 5) is 20.7. The molecule has 0 unspecified atom stereocenters. The Kier molecular flexibility index (Phi) is 3.34. The number of anilines is 1. The van der Waals surface area contributed by atoms with Crippen LogP contribution in [0.4, 0.5) is 5.95 Å². The Morgan fingerprint density at radius 1 is 1.23 bits per heavy atom. The smallest absolute Gasteiger partial charge is 0.223 e. The lowest BCUT2D eigenvalue weighted by molar-refractivity contribution is 0.0971. The molecule has 2 aromatic rings. The van der Waals surface area contributed by atoms with E-state index in [1.165, 1.54) is 11.1 Å². The molecule has 1 N–H and O–H groups in total. The average molecular weight is 314 g/mol. The molecule has 0 saturated heterocycles. The predicted octanol–water partition coefficient (Wildman–Crippen LogP) is 3.75. The topological polar surface area (TPSA) is 54.9 Å². The van der Waals surface area contributed by atoms with E-state index < -0.39 is 0 Å². The average Bonchev–Trinajstić information content (AvgIpc) is 2.90. The number of aryl methyl sites for hydroxylation is 2. The van der Waals surface area contributed by atoms with Crippen molar-refractivity contribution in [3.05, 3.63) is 51.8 Å². The standard InChI is InChI=1S/C17H16ClN3O/c18-11-6-4-10-5-7-15(12(10)8-11)21-17-19-9-13-14(20-17)2-1-3-16(13)22/h4,6,8-9,15H,1-3,5,7H2,(H,19,20,21)/t15-/m0/s1. The van der Waals surface area contributed by atoms with Gasteiger partial charge in [-0.15, -0.1) is 0 Å². The molecule has 0 radical (unpaired) electrons. The first-order valence-corrected chi connectivity index (χ1v) is 8.02. The number of nitrogens with zero attached hydrogens (tertiary/aromatic N) is 2. The third-order valence-electron chi connectivity index (χ3n) is 4.47. The number of hydrogen-bond donors (Lipinski definition) is 1. The molecule has 2 aliphatic rings. The molecule has 2 aliphatic carbocycles. The van der Waals surface area contributed by atoms with Crippen LogP contribution in [0.15, 0.2) is 24.4 Å². The zero-order valence-electron chi connectivity index (χ0n) is 12.1. The molecule has 5 heteroatoms. The number of aromatic nitrogens is 2. The Labute approximate surface area is 133 Å². The first-order chi connectivity index (χ1) is 10.7. The highest BCUT2D eigenvalue weighted by molar-refractivity contribution is 6.30. The number of ketones is 1. The molecule has 0 fully saturated rings. The van der Waals surface area contributed by atoms with Crippen LogP contribution in [0, 0.1) is 0 Å². The van der Waals surface area contributed by atoms with Gasteiger partial charge in [0, 0.05) is 17.6 Å². The van der Waals surface area contributed by atoms with Crippen molar-refractivity contribution in [1.82, 2.24) is 9.97 Å². The Morgan fingerprint density at radius 2 is 2.14 bits per heavy atom. The van der Waals surface area contributed by atoms with E-state index in [0.29, 0.717) is 17.9 Å². The van der Waals surface area contributed by atoms with Crippen molar-refractivity contribution >= 4 is 23.3 Å². The number of rotatable bonds is 2. The molecule has 4 nitrogen and oxygen atoms in total. The van der Waals surface area contributed by atoms with E-state index in [-0.39, 0.29) is 11.8 Å². The Morgan fingerprint density at radius 3 is 3.05 bits per heavy atom. The van der Waals surface area contributed by atoms with Crippen molar-refractivity contribution in [2.45, 2.75) is 38.1 Å². The van der Waals surface area contributed by atoms with Crippen LogP contribution >= 0.6 is 11.6 Å². The molecule has 0 aliphatic heterocycles. The van der Waals surface area contributed by atoms with Gasteiger partial charge in [-0.25, -0.2) is 9.97 Å². The van der Waals surface area contributed by atoms with Crippen molar-refractivity contribution in [2.75, 3.05) is 5.32 Å². The highest BCUT2D eigenvalue weighted by atomic mass is 35.5. The second kappa shape index (κ2) is 5.36. The molecule has 0 bridgehead atoms. The predicted molar refractivity (Wildman–Crippen MR) is 85.4 cm³/mol. The highest BCUT2D eigenvalue weighted by Crippen LogP contribution is 2.35. The maximum atomic E-state index is 11.8. The molecule has 112 valence electrons. The van der Waals surface area contributed by atoms with E-state index in [0.717, 1.165) is 36.4 Å². The lowest BCUT2D eigenvalue weighted by atomic mass is 9.96. The second-order valence-electron chi connectivity index (χ2n) is 5.91. The first kappa shape index (κ1) is 13.7. The van der Waals surface area contributed by atoms with Gasteiger partial charge in [-0.1, -0.05) is 17.7 Å². The van der Waals surface area contributed by atoms with Gasteiger partial charge in [0.1, 0.15) is 0 Å². The third-order valence-corrected chi connectivity index (χ3v) is 4.71. The summed E-state index contributed by atoms with van der Waals surface area (Å²) in [6.45, 7) is 0. The molecule has 0 saturated carbocycles. The van der Waals surface area contributed by atoms with Crippen LogP contribution in [0.25, 0.3) is 0 Å². The lowest BCUT2D eigenvalue weighted by Crippen LogP contribution is -2.16. The zero-order chi connectivity index (χ0) is 15.1. The molecular weight excluding hydrogens is 298 g/mol. The quantitative estimate of drug-likeness (QED) is 0.917. The molecule has 4 rings (SSSR count). The largest absolute Gasteiger partial charge is 0.347 e. The zero-order valence-corrected chi connectivity index (χ0v) is 12.9. The lowest BCUT2D eigenvalue weighted by Gasteiger charge is -2.17. The maximum absolute atomic E-state index is 11.8. The van der Waals surface area contributed by atoms with E-state index in [1.54, 1.807) is 6.20 Å². The minimum atomic E-state index is 0.158. The Bertz CT molecular complexity index is 760. The van der Waals surface area contributed by atoms with Gasteiger partial charge in [0.05, 0.1) is 17.3 Å². The molecule has 0 spiro atoms. The van der Waals surface area contributed by atoms with Gasteiger partial charge >= 0.3 is 0 Å². The van der Waals surface area contributed by atoms with Crippen LogP contribution in [0.2, 0.25) is 5.02 Å². The molecule has 22 heavy (non-hydrogen) atoms. The highest BCUT2D eigenvalue weighted by Gasteiger charge is 2.24. The van der Waals surface area contributed by atoms with E-state index in [4.69, 9.17) is 11.6 Å². The first-order valence-electron chi connectivity index (χ1n) is 7.65. The van der Waals surface area contributed by atoms with Crippen LogP contribution in [0.1, 0.15) is 52.5 Å². The number of benzene rings is 1. The van der Waals surface area contributed by atoms with Crippen LogP contribution in [0.3, 0.4) is 0 Å². The summed E-state index contributed by atoms with van der Waals surface area (Å²) in [7, 11) is 0. The van der Waals surface area contributed by atoms with Gasteiger partial charge < -0.3 is 5.32 Å². The van der Waals surface area contributed by atoms with E-state index >= 15 is 0 Å². The van der Waals surface area contributed by atoms with E-state index in [2.05, 4.69) is 21.4 Å². The van der Waals surface area contributed by atoms with Crippen LogP contribution in [-0.4, -0.2) is 15.8 Å². The van der Waals surface area contributed by atoms with Crippen LogP contribution in [-0.2, 0) is 12.8 Å². The van der Waals surface area contributed by atoms with E-state index in [9.17, 15) is 4.79 Å². The number of Topliss-reactive ketones (excluding diaryl/α,β-unsaturated/α-hetero) is 1. The number of hydrogen-bond acceptors (Lipinski definition) is 4.